The fraction of sp³-hybridized carbons (Fsp3) is 0.333. The molecule has 0 spiro atoms. The average Bonchev–Trinajstić information content (AvgIpc) is 3.50. The van der Waals surface area contributed by atoms with Gasteiger partial charge >= 0.3 is 5.97 Å². The van der Waals surface area contributed by atoms with E-state index in [2.05, 4.69) is 33.7 Å². The van der Waals surface area contributed by atoms with Crippen molar-refractivity contribution in [1.29, 1.82) is 0 Å². The molecule has 6 rings (SSSR count). The Labute approximate surface area is 250 Å². The Morgan fingerprint density at radius 1 is 1.10 bits per heavy atom. The number of halogens is 2. The minimum Gasteiger partial charge on any atom is -0.487 e. The number of hydrogen-bond donors (Lipinski definition) is 1. The summed E-state index contributed by atoms with van der Waals surface area (Å²) in [5.41, 5.74) is 4.33. The molecule has 1 N–H and O–H groups in total. The first-order valence-electron chi connectivity index (χ1n) is 13.2. The van der Waals surface area contributed by atoms with Gasteiger partial charge in [-0.3, -0.25) is 4.90 Å². The Morgan fingerprint density at radius 2 is 1.95 bits per heavy atom. The standard InChI is InChI=1S/C30H29Cl2N3O4.H2S/c31-23-5-7-28(25(32)14-23)39-18-19-2-1-3-20(12-19)22-8-10-34(15-22)17-29-33-26-6-4-21(30(36)37)13-27(26)35(29)16-24-9-11-38-24;/h1-7,12-14,22,24H,8-11,15-18H2,(H,36,37);1H2/t22?,24-;/m0./s1. The van der Waals surface area contributed by atoms with Crippen LogP contribution in [-0.2, 0) is 24.4 Å². The SMILES string of the molecule is O=C(O)c1ccc2nc(CN3CCC(c4cccc(COc5ccc(Cl)cc5Cl)c4)C3)n(C[C@@H]3CCO3)c2c1.S. The number of ether oxygens (including phenoxy) is 2. The van der Waals surface area contributed by atoms with E-state index in [0.29, 0.717) is 41.4 Å². The number of rotatable bonds is 9. The lowest BCUT2D eigenvalue weighted by Crippen LogP contribution is -2.32. The second-order valence-corrected chi connectivity index (χ2v) is 11.1. The molecule has 2 aliphatic rings. The first kappa shape index (κ1) is 28.8. The van der Waals surface area contributed by atoms with E-state index in [1.807, 2.05) is 0 Å². The molecule has 0 saturated carbocycles. The van der Waals surface area contributed by atoms with Gasteiger partial charge in [-0.05, 0) is 72.8 Å². The van der Waals surface area contributed by atoms with Crippen molar-refractivity contribution in [2.75, 3.05) is 19.7 Å². The van der Waals surface area contributed by atoms with E-state index in [9.17, 15) is 9.90 Å². The molecule has 0 aliphatic carbocycles. The van der Waals surface area contributed by atoms with E-state index >= 15 is 0 Å². The molecule has 4 aromatic rings. The number of likely N-dealkylation sites (tertiary alicyclic amines) is 1. The maximum atomic E-state index is 11.6. The highest BCUT2D eigenvalue weighted by atomic mass is 35.5. The van der Waals surface area contributed by atoms with Crippen LogP contribution >= 0.6 is 36.7 Å². The van der Waals surface area contributed by atoms with Crippen LogP contribution in [0.25, 0.3) is 11.0 Å². The van der Waals surface area contributed by atoms with Gasteiger partial charge in [-0.2, -0.15) is 13.5 Å². The molecule has 1 unspecified atom stereocenters. The highest BCUT2D eigenvalue weighted by molar-refractivity contribution is 7.59. The Bertz CT molecular complexity index is 1520. The predicted octanol–water partition coefficient (Wildman–Crippen LogP) is 6.51. The van der Waals surface area contributed by atoms with Gasteiger partial charge in [-0.25, -0.2) is 9.78 Å². The number of imidazole rings is 1. The lowest BCUT2D eigenvalue weighted by Gasteiger charge is -2.28. The van der Waals surface area contributed by atoms with E-state index in [4.69, 9.17) is 37.7 Å². The summed E-state index contributed by atoms with van der Waals surface area (Å²) in [6.07, 6.45) is 2.21. The molecule has 0 bridgehead atoms. The molecule has 0 radical (unpaired) electrons. The van der Waals surface area contributed by atoms with E-state index < -0.39 is 5.97 Å². The highest BCUT2D eigenvalue weighted by Gasteiger charge is 2.27. The Morgan fingerprint density at radius 3 is 2.70 bits per heavy atom. The number of hydrogen-bond acceptors (Lipinski definition) is 5. The minimum atomic E-state index is -0.933. The molecule has 2 saturated heterocycles. The third-order valence-corrected chi connectivity index (χ3v) is 8.13. The van der Waals surface area contributed by atoms with Crippen LogP contribution in [0.3, 0.4) is 0 Å². The summed E-state index contributed by atoms with van der Waals surface area (Å²) in [5.74, 6) is 1.04. The molecule has 7 nitrogen and oxygen atoms in total. The van der Waals surface area contributed by atoms with Crippen molar-refractivity contribution in [3.63, 3.8) is 0 Å². The maximum absolute atomic E-state index is 11.6. The van der Waals surface area contributed by atoms with Crippen LogP contribution in [0.4, 0.5) is 0 Å². The molecule has 40 heavy (non-hydrogen) atoms. The topological polar surface area (TPSA) is 76.8 Å². The number of benzene rings is 3. The van der Waals surface area contributed by atoms with E-state index in [-0.39, 0.29) is 25.2 Å². The molecule has 3 aromatic carbocycles. The Balaban J connectivity index is 0.00000323. The van der Waals surface area contributed by atoms with Gasteiger partial charge in [0.15, 0.2) is 0 Å². The molecule has 2 fully saturated rings. The minimum absolute atomic E-state index is 0. The third-order valence-electron chi connectivity index (χ3n) is 7.60. The van der Waals surface area contributed by atoms with Gasteiger partial charge in [0, 0.05) is 18.2 Å². The molecule has 2 aliphatic heterocycles. The Kier molecular flexibility index (Phi) is 8.92. The number of nitrogens with zero attached hydrogens (tertiary/aromatic N) is 3. The van der Waals surface area contributed by atoms with Gasteiger partial charge in [-0.15, -0.1) is 0 Å². The zero-order chi connectivity index (χ0) is 26.9. The second kappa shape index (κ2) is 12.4. The van der Waals surface area contributed by atoms with Gasteiger partial charge in [0.25, 0.3) is 0 Å². The van der Waals surface area contributed by atoms with Crippen molar-refractivity contribution in [3.8, 4) is 5.75 Å². The molecular formula is C30H31Cl2N3O4S. The van der Waals surface area contributed by atoms with Crippen molar-refractivity contribution in [2.45, 2.75) is 44.6 Å². The normalized spacial score (nSPS) is 18.9. The average molecular weight is 601 g/mol. The summed E-state index contributed by atoms with van der Waals surface area (Å²) >= 11 is 12.2. The van der Waals surface area contributed by atoms with Crippen LogP contribution in [0.5, 0.6) is 5.75 Å². The summed E-state index contributed by atoms with van der Waals surface area (Å²) < 4.78 is 13.8. The zero-order valence-corrected chi connectivity index (χ0v) is 24.4. The monoisotopic (exact) mass is 599 g/mol. The number of carboxylic acids is 1. The first-order valence-corrected chi connectivity index (χ1v) is 13.9. The molecule has 3 heterocycles. The summed E-state index contributed by atoms with van der Waals surface area (Å²) in [6, 6.07) is 18.9. The van der Waals surface area contributed by atoms with Crippen molar-refractivity contribution in [1.82, 2.24) is 14.5 Å². The van der Waals surface area contributed by atoms with E-state index in [1.165, 1.54) is 5.56 Å². The van der Waals surface area contributed by atoms with Gasteiger partial charge in [0.2, 0.25) is 0 Å². The number of fused-ring (bicyclic) bond motifs is 1. The van der Waals surface area contributed by atoms with Gasteiger partial charge in [0.1, 0.15) is 18.2 Å². The summed E-state index contributed by atoms with van der Waals surface area (Å²) in [5, 5.41) is 10.6. The second-order valence-electron chi connectivity index (χ2n) is 10.3. The number of carbonyl (C=O) groups is 1. The van der Waals surface area contributed by atoms with Crippen LogP contribution in [0.15, 0.2) is 60.7 Å². The fourth-order valence-corrected chi connectivity index (χ4v) is 5.86. The molecule has 210 valence electrons. The lowest BCUT2D eigenvalue weighted by atomic mass is 9.97. The fourth-order valence-electron chi connectivity index (χ4n) is 5.40. The molecular weight excluding hydrogens is 569 g/mol. The van der Waals surface area contributed by atoms with Crippen LogP contribution in [0.2, 0.25) is 10.0 Å². The van der Waals surface area contributed by atoms with Crippen molar-refractivity contribution < 1.29 is 19.4 Å². The summed E-state index contributed by atoms with van der Waals surface area (Å²) in [4.78, 5) is 18.9. The maximum Gasteiger partial charge on any atom is 0.335 e. The smallest absolute Gasteiger partial charge is 0.335 e. The van der Waals surface area contributed by atoms with Crippen LogP contribution < -0.4 is 4.74 Å². The number of carboxylic acid groups (broad SMARTS) is 1. The summed E-state index contributed by atoms with van der Waals surface area (Å²) in [6.45, 7) is 4.49. The molecule has 1 aromatic heterocycles. The van der Waals surface area contributed by atoms with Gasteiger partial charge < -0.3 is 19.1 Å². The third kappa shape index (κ3) is 6.26. The van der Waals surface area contributed by atoms with E-state index in [1.54, 1.807) is 36.4 Å². The molecule has 2 atom stereocenters. The largest absolute Gasteiger partial charge is 0.487 e. The van der Waals surface area contributed by atoms with Crippen molar-refractivity contribution >= 4 is 53.7 Å². The lowest BCUT2D eigenvalue weighted by molar-refractivity contribution is -0.0591. The number of aromatic carboxylic acids is 1. The molecule has 10 heteroatoms. The van der Waals surface area contributed by atoms with Crippen LogP contribution in [-0.4, -0.2) is 51.3 Å². The van der Waals surface area contributed by atoms with Gasteiger partial charge in [0.05, 0.1) is 40.8 Å². The van der Waals surface area contributed by atoms with E-state index in [0.717, 1.165) is 55.0 Å². The predicted molar refractivity (Wildman–Crippen MR) is 161 cm³/mol. The van der Waals surface area contributed by atoms with Crippen LogP contribution in [0, 0.1) is 0 Å². The van der Waals surface area contributed by atoms with Gasteiger partial charge in [-0.1, -0.05) is 47.5 Å². The van der Waals surface area contributed by atoms with Crippen molar-refractivity contribution in [2.24, 2.45) is 0 Å². The molecule has 0 amide bonds. The number of aromatic nitrogens is 2. The van der Waals surface area contributed by atoms with Crippen LogP contribution in [0.1, 0.15) is 46.1 Å². The summed E-state index contributed by atoms with van der Waals surface area (Å²) in [7, 11) is 0. The zero-order valence-electron chi connectivity index (χ0n) is 21.9. The Hall–Kier alpha value is -2.75. The quantitative estimate of drug-likeness (QED) is 0.236. The first-order chi connectivity index (χ1) is 18.9. The van der Waals surface area contributed by atoms with Crippen molar-refractivity contribution in [3.05, 3.63) is 93.2 Å². The highest BCUT2D eigenvalue weighted by Crippen LogP contribution is 2.31.